The second-order valence-electron chi connectivity index (χ2n) is 7.48. The predicted molar refractivity (Wildman–Crippen MR) is 98.5 cm³/mol. The smallest absolute Gasteiger partial charge is 0.176 e. The fourth-order valence-corrected chi connectivity index (χ4v) is 4.28. The molecule has 2 unspecified atom stereocenters. The topological polar surface area (TPSA) is 62.7 Å². The molecule has 0 radical (unpaired) electrons. The Balaban J connectivity index is 1.30. The number of aryl methyl sites for hydroxylation is 1. The molecule has 0 spiro atoms. The summed E-state index contributed by atoms with van der Waals surface area (Å²) in [5.41, 5.74) is 1.60. The number of carbonyl (C=O) groups excluding carboxylic acids is 1. The number of Topliss-reactive ketones (excluding diaryl/α,β-unsaturated/α-hetero) is 1. The first-order valence-corrected chi connectivity index (χ1v) is 9.21. The van der Waals surface area contributed by atoms with Gasteiger partial charge in [-0.2, -0.15) is 0 Å². The van der Waals surface area contributed by atoms with Gasteiger partial charge in [0.1, 0.15) is 11.5 Å². The first-order valence-electron chi connectivity index (χ1n) is 9.21. The number of fused-ring (bicyclic) bond motifs is 1. The van der Waals surface area contributed by atoms with Crippen LogP contribution in [0.4, 0.5) is 0 Å². The van der Waals surface area contributed by atoms with Gasteiger partial charge >= 0.3 is 0 Å². The predicted octanol–water partition coefficient (Wildman–Crippen LogP) is 3.07. The van der Waals surface area contributed by atoms with Gasteiger partial charge in [0.05, 0.1) is 18.3 Å². The lowest BCUT2D eigenvalue weighted by Crippen LogP contribution is -2.30. The van der Waals surface area contributed by atoms with E-state index in [2.05, 4.69) is 9.88 Å². The highest BCUT2D eigenvalue weighted by molar-refractivity contribution is 5.97. The normalized spacial score (nSPS) is 25.2. The number of rotatable bonds is 5. The summed E-state index contributed by atoms with van der Waals surface area (Å²) in [7, 11) is 0. The molecule has 1 aromatic carbocycles. The number of phenolic OH excluding ortho intramolecular Hbond substituents is 1. The number of ketones is 1. The van der Waals surface area contributed by atoms with Crippen molar-refractivity contribution in [1.82, 2.24) is 9.88 Å². The lowest BCUT2D eigenvalue weighted by Gasteiger charge is -2.19. The van der Waals surface area contributed by atoms with Gasteiger partial charge < -0.3 is 9.84 Å². The van der Waals surface area contributed by atoms with Crippen LogP contribution >= 0.6 is 0 Å². The molecule has 1 N–H and O–H groups in total. The molecule has 0 amide bonds. The lowest BCUT2D eigenvalue weighted by molar-refractivity contribution is 0.0936. The van der Waals surface area contributed by atoms with Crippen molar-refractivity contribution in [3.63, 3.8) is 0 Å². The zero-order chi connectivity index (χ0) is 18.1. The molecule has 5 nitrogen and oxygen atoms in total. The molecule has 4 rings (SSSR count). The Morgan fingerprint density at radius 3 is 2.54 bits per heavy atom. The molecular formula is C21H24N2O3. The van der Waals surface area contributed by atoms with E-state index >= 15 is 0 Å². The summed E-state index contributed by atoms with van der Waals surface area (Å²) in [5.74, 6) is 2.39. The van der Waals surface area contributed by atoms with E-state index in [0.29, 0.717) is 23.9 Å². The number of hydrogen-bond donors (Lipinski definition) is 1. The third-order valence-electron chi connectivity index (χ3n) is 5.59. The highest BCUT2D eigenvalue weighted by atomic mass is 16.5. The fourth-order valence-electron chi connectivity index (χ4n) is 4.28. The van der Waals surface area contributed by atoms with Gasteiger partial charge in [0.25, 0.3) is 0 Å². The minimum absolute atomic E-state index is 0.115. The van der Waals surface area contributed by atoms with Crippen molar-refractivity contribution in [3.05, 3.63) is 53.9 Å². The highest BCUT2D eigenvalue weighted by Gasteiger charge is 2.42. The van der Waals surface area contributed by atoms with E-state index in [1.807, 2.05) is 19.1 Å². The molecule has 1 aliphatic carbocycles. The molecule has 0 bridgehead atoms. The van der Waals surface area contributed by atoms with Gasteiger partial charge in [0.2, 0.25) is 0 Å². The molecular weight excluding hydrogens is 328 g/mol. The van der Waals surface area contributed by atoms with Gasteiger partial charge in [0, 0.05) is 24.8 Å². The van der Waals surface area contributed by atoms with Crippen molar-refractivity contribution >= 4 is 5.78 Å². The van der Waals surface area contributed by atoms with Crippen molar-refractivity contribution < 1.29 is 14.6 Å². The van der Waals surface area contributed by atoms with Gasteiger partial charge in [0.15, 0.2) is 5.78 Å². The summed E-state index contributed by atoms with van der Waals surface area (Å²) >= 11 is 0. The molecule has 2 heterocycles. The molecule has 1 aromatic heterocycles. The summed E-state index contributed by atoms with van der Waals surface area (Å²) in [5, 5.41) is 9.34. The molecule has 5 heteroatoms. The molecule has 1 aliphatic heterocycles. The standard InChI is InChI=1S/C21H24N2O3/c1-14-21(3-2-8-22-14)26-19-9-16-11-23(12-17(16)10-19)13-20(25)15-4-6-18(24)7-5-15/h2-8,16-17,19,24H,9-13H2,1H3/t16-,17?,19?/m0/s1. The fraction of sp³-hybridized carbons (Fsp3) is 0.429. The van der Waals surface area contributed by atoms with Crippen molar-refractivity contribution in [1.29, 1.82) is 0 Å². The van der Waals surface area contributed by atoms with Gasteiger partial charge in [-0.25, -0.2) is 0 Å². The summed E-state index contributed by atoms with van der Waals surface area (Å²) in [4.78, 5) is 19.0. The number of pyridine rings is 1. The molecule has 1 saturated heterocycles. The molecule has 1 saturated carbocycles. The average Bonchev–Trinajstić information content (AvgIpc) is 3.15. The number of ether oxygens (including phenoxy) is 1. The second-order valence-corrected chi connectivity index (χ2v) is 7.48. The van der Waals surface area contributed by atoms with Crippen LogP contribution in [-0.4, -0.2) is 46.5 Å². The number of nitrogens with zero attached hydrogens (tertiary/aromatic N) is 2. The zero-order valence-electron chi connectivity index (χ0n) is 15.0. The van der Waals surface area contributed by atoms with Crippen molar-refractivity contribution in [2.75, 3.05) is 19.6 Å². The zero-order valence-corrected chi connectivity index (χ0v) is 15.0. The summed E-state index contributed by atoms with van der Waals surface area (Å²) in [6, 6.07) is 10.4. The Hall–Kier alpha value is -2.40. The number of hydrogen-bond acceptors (Lipinski definition) is 5. The van der Waals surface area contributed by atoms with Gasteiger partial charge in [-0.3, -0.25) is 14.7 Å². The number of aromatic nitrogens is 1. The number of carbonyl (C=O) groups is 1. The van der Waals surface area contributed by atoms with Crippen LogP contribution in [0.2, 0.25) is 0 Å². The van der Waals surface area contributed by atoms with Crippen molar-refractivity contribution in [2.24, 2.45) is 11.8 Å². The number of phenols is 1. The van der Waals surface area contributed by atoms with Crippen LogP contribution in [0.5, 0.6) is 11.5 Å². The van der Waals surface area contributed by atoms with Crippen LogP contribution in [0, 0.1) is 18.8 Å². The van der Waals surface area contributed by atoms with Crippen LogP contribution in [0.25, 0.3) is 0 Å². The Bertz CT molecular complexity index is 776. The van der Waals surface area contributed by atoms with E-state index in [4.69, 9.17) is 4.74 Å². The average molecular weight is 352 g/mol. The largest absolute Gasteiger partial charge is 0.508 e. The second kappa shape index (κ2) is 7.08. The van der Waals surface area contributed by atoms with Crippen molar-refractivity contribution in [3.8, 4) is 11.5 Å². The van der Waals surface area contributed by atoms with Crippen LogP contribution in [0.1, 0.15) is 28.9 Å². The van der Waals surface area contributed by atoms with Crippen LogP contribution in [-0.2, 0) is 0 Å². The first-order chi connectivity index (χ1) is 12.6. The third kappa shape index (κ3) is 3.58. The SMILES string of the molecule is Cc1ncccc1OC1CC2CN(CC(=O)c3ccc(O)cc3)C[C@@H]2C1. The Morgan fingerprint density at radius 1 is 1.19 bits per heavy atom. The van der Waals surface area contributed by atoms with E-state index < -0.39 is 0 Å². The number of likely N-dealkylation sites (tertiary alicyclic amines) is 1. The molecule has 2 fully saturated rings. The Labute approximate surface area is 153 Å². The maximum atomic E-state index is 12.4. The number of aromatic hydroxyl groups is 1. The summed E-state index contributed by atoms with van der Waals surface area (Å²) in [6.07, 6.45) is 4.13. The minimum Gasteiger partial charge on any atom is -0.508 e. The monoisotopic (exact) mass is 352 g/mol. The summed E-state index contributed by atoms with van der Waals surface area (Å²) < 4.78 is 6.17. The van der Waals surface area contributed by atoms with E-state index in [9.17, 15) is 9.90 Å². The van der Waals surface area contributed by atoms with Crippen LogP contribution < -0.4 is 4.74 Å². The number of benzene rings is 1. The minimum atomic E-state index is 0.115. The summed E-state index contributed by atoms with van der Waals surface area (Å²) in [6.45, 7) is 4.34. The van der Waals surface area contributed by atoms with Gasteiger partial charge in [-0.05, 0) is 68.0 Å². The van der Waals surface area contributed by atoms with Crippen LogP contribution in [0.3, 0.4) is 0 Å². The molecule has 2 aromatic rings. The lowest BCUT2D eigenvalue weighted by atomic mass is 10.0. The quantitative estimate of drug-likeness (QED) is 0.838. The Morgan fingerprint density at radius 2 is 1.88 bits per heavy atom. The van der Waals surface area contributed by atoms with E-state index in [1.165, 1.54) is 0 Å². The van der Waals surface area contributed by atoms with E-state index in [-0.39, 0.29) is 17.6 Å². The molecule has 26 heavy (non-hydrogen) atoms. The van der Waals surface area contributed by atoms with Gasteiger partial charge in [-0.1, -0.05) is 0 Å². The maximum Gasteiger partial charge on any atom is 0.176 e. The van der Waals surface area contributed by atoms with Crippen molar-refractivity contribution in [2.45, 2.75) is 25.9 Å². The maximum absolute atomic E-state index is 12.4. The third-order valence-corrected chi connectivity index (χ3v) is 5.59. The molecule has 136 valence electrons. The van der Waals surface area contributed by atoms with Crippen LogP contribution in [0.15, 0.2) is 42.6 Å². The van der Waals surface area contributed by atoms with E-state index in [0.717, 1.165) is 37.4 Å². The van der Waals surface area contributed by atoms with E-state index in [1.54, 1.807) is 30.5 Å². The van der Waals surface area contributed by atoms with Gasteiger partial charge in [-0.15, -0.1) is 0 Å². The first kappa shape index (κ1) is 17.0. The Kier molecular flexibility index (Phi) is 4.64. The molecule has 3 atom stereocenters. The highest BCUT2D eigenvalue weighted by Crippen LogP contribution is 2.40. The molecule has 2 aliphatic rings.